The fourth-order valence-corrected chi connectivity index (χ4v) is 2.19. The van der Waals surface area contributed by atoms with Crippen molar-refractivity contribution in [3.05, 3.63) is 0 Å². The van der Waals surface area contributed by atoms with Crippen LogP contribution in [0.4, 0.5) is 0 Å². The van der Waals surface area contributed by atoms with Crippen molar-refractivity contribution in [2.24, 2.45) is 0 Å². The summed E-state index contributed by atoms with van der Waals surface area (Å²) >= 11 is 0. The predicted octanol–water partition coefficient (Wildman–Crippen LogP) is -0.170. The average Bonchev–Trinajstić information content (AvgIpc) is 2.42. The van der Waals surface area contributed by atoms with E-state index < -0.39 is 11.8 Å². The van der Waals surface area contributed by atoms with Crippen molar-refractivity contribution in [3.63, 3.8) is 0 Å². The zero-order chi connectivity index (χ0) is 13.0. The van der Waals surface area contributed by atoms with E-state index in [0.717, 1.165) is 6.42 Å². The Balaban J connectivity index is 1.79. The number of carbonyl (C=O) groups excluding carboxylic acids is 2. The zero-order valence-electron chi connectivity index (χ0n) is 10.8. The Hall–Kier alpha value is -1.14. The lowest BCUT2D eigenvalue weighted by molar-refractivity contribution is -0.184. The van der Waals surface area contributed by atoms with Gasteiger partial charge in [0.25, 0.3) is 0 Å². The molecule has 2 heterocycles. The summed E-state index contributed by atoms with van der Waals surface area (Å²) in [5.74, 6) is -0.798. The summed E-state index contributed by atoms with van der Waals surface area (Å²) in [5, 5.41) is 0. The highest BCUT2D eigenvalue weighted by Crippen LogP contribution is 2.11. The topological polar surface area (TPSA) is 59.1 Å². The third-order valence-electron chi connectivity index (χ3n) is 3.31. The number of piperazine rings is 1. The maximum atomic E-state index is 11.8. The standard InChI is InChI=1S/C12H20N2O4/c1-2-13-6-7-14(12(16)11(13)15)5-4-10-17-8-3-9-18-10/h10H,2-9H2,1H3. The molecule has 0 spiro atoms. The van der Waals surface area contributed by atoms with Gasteiger partial charge in [-0.25, -0.2) is 0 Å². The van der Waals surface area contributed by atoms with Crippen LogP contribution < -0.4 is 0 Å². The monoisotopic (exact) mass is 256 g/mol. The fraction of sp³-hybridized carbons (Fsp3) is 0.833. The lowest BCUT2D eigenvalue weighted by Crippen LogP contribution is -2.54. The minimum atomic E-state index is -0.404. The summed E-state index contributed by atoms with van der Waals surface area (Å²) in [5.41, 5.74) is 0. The maximum absolute atomic E-state index is 11.8. The second-order valence-corrected chi connectivity index (χ2v) is 4.49. The number of hydrogen-bond donors (Lipinski definition) is 0. The molecule has 18 heavy (non-hydrogen) atoms. The van der Waals surface area contributed by atoms with Crippen molar-refractivity contribution in [1.82, 2.24) is 9.80 Å². The summed E-state index contributed by atoms with van der Waals surface area (Å²) in [6.07, 6.45) is 1.32. The van der Waals surface area contributed by atoms with Crippen molar-refractivity contribution in [3.8, 4) is 0 Å². The molecular formula is C12H20N2O4. The molecule has 6 heteroatoms. The molecule has 0 atom stereocenters. The predicted molar refractivity (Wildman–Crippen MR) is 63.8 cm³/mol. The van der Waals surface area contributed by atoms with Crippen molar-refractivity contribution < 1.29 is 19.1 Å². The molecular weight excluding hydrogens is 236 g/mol. The Bertz CT molecular complexity index is 315. The second kappa shape index (κ2) is 6.15. The van der Waals surface area contributed by atoms with Gasteiger partial charge in [-0.3, -0.25) is 9.59 Å². The van der Waals surface area contributed by atoms with E-state index in [1.54, 1.807) is 9.80 Å². The van der Waals surface area contributed by atoms with Crippen LogP contribution in [-0.4, -0.2) is 67.3 Å². The van der Waals surface area contributed by atoms with Crippen LogP contribution in [0, 0.1) is 0 Å². The minimum absolute atomic E-state index is 0.231. The van der Waals surface area contributed by atoms with Crippen LogP contribution in [0.25, 0.3) is 0 Å². The molecule has 2 rings (SSSR count). The van der Waals surface area contributed by atoms with Crippen molar-refractivity contribution in [2.45, 2.75) is 26.1 Å². The van der Waals surface area contributed by atoms with Gasteiger partial charge in [-0.05, 0) is 13.3 Å². The Morgan fingerprint density at radius 1 is 1.11 bits per heavy atom. The van der Waals surface area contributed by atoms with Gasteiger partial charge in [0.05, 0.1) is 13.2 Å². The van der Waals surface area contributed by atoms with Gasteiger partial charge in [-0.1, -0.05) is 0 Å². The Morgan fingerprint density at radius 3 is 2.39 bits per heavy atom. The fourth-order valence-electron chi connectivity index (χ4n) is 2.19. The van der Waals surface area contributed by atoms with Gasteiger partial charge >= 0.3 is 11.8 Å². The van der Waals surface area contributed by atoms with Gasteiger partial charge in [0.15, 0.2) is 6.29 Å². The molecule has 0 aromatic rings. The Morgan fingerprint density at radius 2 is 1.72 bits per heavy atom. The van der Waals surface area contributed by atoms with E-state index in [-0.39, 0.29) is 6.29 Å². The first-order valence-corrected chi connectivity index (χ1v) is 6.53. The molecule has 2 aliphatic heterocycles. The first kappa shape index (κ1) is 13.3. The van der Waals surface area contributed by atoms with Crippen molar-refractivity contribution in [2.75, 3.05) is 39.4 Å². The maximum Gasteiger partial charge on any atom is 0.312 e. The molecule has 0 bridgehead atoms. The number of hydrogen-bond acceptors (Lipinski definition) is 4. The van der Waals surface area contributed by atoms with Gasteiger partial charge in [-0.2, -0.15) is 0 Å². The average molecular weight is 256 g/mol. The van der Waals surface area contributed by atoms with E-state index in [0.29, 0.717) is 45.8 Å². The van der Waals surface area contributed by atoms with E-state index in [9.17, 15) is 9.59 Å². The third kappa shape index (κ3) is 3.00. The van der Waals surface area contributed by atoms with Crippen LogP contribution in [0.3, 0.4) is 0 Å². The van der Waals surface area contributed by atoms with Gasteiger partial charge < -0.3 is 19.3 Å². The van der Waals surface area contributed by atoms with E-state index in [2.05, 4.69) is 0 Å². The highest BCUT2D eigenvalue weighted by Gasteiger charge is 2.31. The van der Waals surface area contributed by atoms with E-state index in [1.807, 2.05) is 6.92 Å². The molecule has 2 amide bonds. The molecule has 6 nitrogen and oxygen atoms in total. The quantitative estimate of drug-likeness (QED) is 0.655. The number of likely N-dealkylation sites (N-methyl/N-ethyl adjacent to an activating group) is 1. The van der Waals surface area contributed by atoms with Crippen molar-refractivity contribution in [1.29, 1.82) is 0 Å². The number of nitrogens with zero attached hydrogens (tertiary/aromatic N) is 2. The molecule has 0 radical (unpaired) electrons. The molecule has 0 unspecified atom stereocenters. The van der Waals surface area contributed by atoms with E-state index in [4.69, 9.17) is 9.47 Å². The Kier molecular flexibility index (Phi) is 4.54. The molecule has 2 aliphatic rings. The molecule has 2 saturated heterocycles. The summed E-state index contributed by atoms with van der Waals surface area (Å²) in [6, 6.07) is 0. The van der Waals surface area contributed by atoms with Crippen molar-refractivity contribution >= 4 is 11.8 Å². The first-order valence-electron chi connectivity index (χ1n) is 6.53. The van der Waals surface area contributed by atoms with Crippen LogP contribution >= 0.6 is 0 Å². The largest absolute Gasteiger partial charge is 0.353 e. The van der Waals surface area contributed by atoms with Gasteiger partial charge in [0.2, 0.25) is 0 Å². The second-order valence-electron chi connectivity index (χ2n) is 4.49. The SMILES string of the molecule is CCN1CCN(CCC2OCCCO2)C(=O)C1=O. The third-order valence-corrected chi connectivity index (χ3v) is 3.31. The summed E-state index contributed by atoms with van der Waals surface area (Å²) in [7, 11) is 0. The number of amides is 2. The summed E-state index contributed by atoms with van der Waals surface area (Å²) in [4.78, 5) is 26.7. The van der Waals surface area contributed by atoms with Crippen LogP contribution in [0.5, 0.6) is 0 Å². The number of carbonyl (C=O) groups is 2. The summed E-state index contributed by atoms with van der Waals surface area (Å²) in [6.45, 7) is 5.63. The van der Waals surface area contributed by atoms with E-state index >= 15 is 0 Å². The normalized spacial score (nSPS) is 22.7. The van der Waals surface area contributed by atoms with Crippen LogP contribution in [0.2, 0.25) is 0 Å². The van der Waals surface area contributed by atoms with Gasteiger partial charge in [0.1, 0.15) is 0 Å². The summed E-state index contributed by atoms with van der Waals surface area (Å²) < 4.78 is 10.8. The van der Waals surface area contributed by atoms with Gasteiger partial charge in [-0.15, -0.1) is 0 Å². The Labute approximate surface area is 107 Å². The smallest absolute Gasteiger partial charge is 0.312 e. The molecule has 102 valence electrons. The van der Waals surface area contributed by atoms with E-state index in [1.165, 1.54) is 0 Å². The lowest BCUT2D eigenvalue weighted by Gasteiger charge is -2.34. The van der Waals surface area contributed by atoms with Crippen LogP contribution in [-0.2, 0) is 19.1 Å². The molecule has 0 aromatic carbocycles. The highest BCUT2D eigenvalue weighted by atomic mass is 16.7. The van der Waals surface area contributed by atoms with Crippen LogP contribution in [0.1, 0.15) is 19.8 Å². The highest BCUT2D eigenvalue weighted by molar-refractivity contribution is 6.35. The lowest BCUT2D eigenvalue weighted by atomic mass is 10.2. The van der Waals surface area contributed by atoms with Crippen LogP contribution in [0.15, 0.2) is 0 Å². The molecule has 0 N–H and O–H groups in total. The van der Waals surface area contributed by atoms with Gasteiger partial charge in [0, 0.05) is 32.6 Å². The minimum Gasteiger partial charge on any atom is -0.353 e. The zero-order valence-corrected chi connectivity index (χ0v) is 10.8. The molecule has 0 aliphatic carbocycles. The molecule has 2 fully saturated rings. The number of ether oxygens (including phenoxy) is 2. The first-order chi connectivity index (χ1) is 8.72. The number of rotatable bonds is 4. The molecule has 0 aromatic heterocycles. The molecule has 0 saturated carbocycles.